The van der Waals surface area contributed by atoms with Crippen LogP contribution in [0.25, 0.3) is 0 Å². The topological polar surface area (TPSA) is 20.2 Å². The summed E-state index contributed by atoms with van der Waals surface area (Å²) in [5.41, 5.74) is 3.16. The first-order valence-electron chi connectivity index (χ1n) is 11.2. The molecule has 0 unspecified atom stereocenters. The monoisotopic (exact) mass is 386 g/mol. The van der Waals surface area contributed by atoms with Crippen molar-refractivity contribution in [3.8, 4) is 5.75 Å². The van der Waals surface area contributed by atoms with Crippen LogP contribution >= 0.6 is 0 Å². The minimum absolute atomic E-state index is 0.336. The van der Waals surface area contributed by atoms with E-state index in [1.54, 1.807) is 0 Å². The number of unbranched alkanes of at least 4 members (excludes halogenated alkanes) is 6. The summed E-state index contributed by atoms with van der Waals surface area (Å²) in [4.78, 5) is 0. The fourth-order valence-corrected chi connectivity index (χ4v) is 4.53. The minimum atomic E-state index is -0.336. The molecule has 1 nitrogen and oxygen atoms in total. The van der Waals surface area contributed by atoms with Gasteiger partial charge in [-0.15, -0.1) is 0 Å². The molecule has 0 amide bonds. The van der Waals surface area contributed by atoms with Crippen molar-refractivity contribution in [3.63, 3.8) is 0 Å². The van der Waals surface area contributed by atoms with Gasteiger partial charge in [-0.2, -0.15) is 0 Å². The fraction of sp³-hybridized carbons (Fsp3) is 0.357. The van der Waals surface area contributed by atoms with Crippen molar-refractivity contribution in [3.05, 3.63) is 102 Å². The fourth-order valence-electron chi connectivity index (χ4n) is 4.53. The Labute approximate surface area is 176 Å². The molecule has 0 saturated heterocycles. The summed E-state index contributed by atoms with van der Waals surface area (Å²) < 4.78 is 0. The number of para-hydroxylation sites is 1. The Hall–Kier alpha value is -2.54. The highest BCUT2D eigenvalue weighted by Crippen LogP contribution is 2.46. The van der Waals surface area contributed by atoms with E-state index in [0.717, 1.165) is 18.4 Å². The zero-order valence-corrected chi connectivity index (χ0v) is 17.7. The second-order valence-electron chi connectivity index (χ2n) is 8.03. The van der Waals surface area contributed by atoms with Gasteiger partial charge in [0.15, 0.2) is 0 Å². The van der Waals surface area contributed by atoms with Crippen LogP contribution < -0.4 is 0 Å². The zero-order valence-electron chi connectivity index (χ0n) is 17.7. The van der Waals surface area contributed by atoms with Crippen LogP contribution in [-0.4, -0.2) is 5.11 Å². The molecule has 0 aliphatic heterocycles. The summed E-state index contributed by atoms with van der Waals surface area (Å²) in [7, 11) is 0. The van der Waals surface area contributed by atoms with E-state index in [1.807, 2.05) is 18.2 Å². The van der Waals surface area contributed by atoms with E-state index in [4.69, 9.17) is 0 Å². The van der Waals surface area contributed by atoms with Crippen molar-refractivity contribution in [1.29, 1.82) is 0 Å². The number of phenols is 1. The molecule has 0 heterocycles. The van der Waals surface area contributed by atoms with Gasteiger partial charge in [0.1, 0.15) is 5.75 Å². The maximum Gasteiger partial charge on any atom is 0.120 e. The van der Waals surface area contributed by atoms with E-state index in [-0.39, 0.29) is 5.41 Å². The van der Waals surface area contributed by atoms with Crippen molar-refractivity contribution < 1.29 is 5.11 Å². The summed E-state index contributed by atoms with van der Waals surface area (Å²) in [6.45, 7) is 2.26. The van der Waals surface area contributed by atoms with E-state index >= 15 is 0 Å². The Morgan fingerprint density at radius 3 is 1.62 bits per heavy atom. The maximum absolute atomic E-state index is 10.9. The predicted octanol–water partition coefficient (Wildman–Crippen LogP) is 7.87. The van der Waals surface area contributed by atoms with Crippen LogP contribution in [0.1, 0.15) is 75.0 Å². The van der Waals surface area contributed by atoms with Gasteiger partial charge in [-0.3, -0.25) is 0 Å². The van der Waals surface area contributed by atoms with Gasteiger partial charge in [-0.1, -0.05) is 131 Å². The summed E-state index contributed by atoms with van der Waals surface area (Å²) in [6, 6.07) is 29.3. The number of aromatic hydroxyl groups is 1. The van der Waals surface area contributed by atoms with Gasteiger partial charge in [0.2, 0.25) is 0 Å². The molecule has 1 N–H and O–H groups in total. The molecule has 0 aromatic heterocycles. The van der Waals surface area contributed by atoms with Crippen LogP contribution in [0.2, 0.25) is 0 Å². The molecule has 0 saturated carbocycles. The minimum Gasteiger partial charge on any atom is -0.508 e. The highest BCUT2D eigenvalue weighted by molar-refractivity contribution is 5.54. The first-order chi connectivity index (χ1) is 14.3. The second kappa shape index (κ2) is 10.9. The van der Waals surface area contributed by atoms with E-state index in [9.17, 15) is 5.11 Å². The normalized spacial score (nSPS) is 11.5. The molecule has 0 radical (unpaired) electrons. The average Bonchev–Trinajstić information content (AvgIpc) is 2.78. The van der Waals surface area contributed by atoms with Gasteiger partial charge in [-0.05, 0) is 23.6 Å². The maximum atomic E-state index is 10.9. The summed E-state index contributed by atoms with van der Waals surface area (Å²) in [5.74, 6) is 0.378. The van der Waals surface area contributed by atoms with Crippen molar-refractivity contribution >= 4 is 0 Å². The van der Waals surface area contributed by atoms with E-state index in [0.29, 0.717) is 5.75 Å². The lowest BCUT2D eigenvalue weighted by molar-refractivity contribution is 0.436. The molecule has 0 spiro atoms. The molecule has 1 heteroatoms. The number of phenolic OH excluding ortho intramolecular Hbond substituents is 1. The smallest absolute Gasteiger partial charge is 0.120 e. The van der Waals surface area contributed by atoms with Crippen LogP contribution in [-0.2, 0) is 5.41 Å². The van der Waals surface area contributed by atoms with E-state index in [1.165, 1.54) is 49.7 Å². The lowest BCUT2D eigenvalue weighted by Crippen LogP contribution is -2.29. The van der Waals surface area contributed by atoms with Gasteiger partial charge in [0, 0.05) is 11.0 Å². The quantitative estimate of drug-likeness (QED) is 0.262. The molecule has 0 aliphatic rings. The largest absolute Gasteiger partial charge is 0.508 e. The van der Waals surface area contributed by atoms with Gasteiger partial charge in [-0.25, -0.2) is 0 Å². The van der Waals surface area contributed by atoms with Crippen LogP contribution in [0.5, 0.6) is 5.75 Å². The molecule has 152 valence electrons. The number of hydrogen-bond acceptors (Lipinski definition) is 1. The highest BCUT2D eigenvalue weighted by atomic mass is 16.3. The first kappa shape index (κ1) is 21.2. The van der Waals surface area contributed by atoms with E-state index in [2.05, 4.69) is 73.7 Å². The molecule has 0 atom stereocenters. The molecule has 0 aliphatic carbocycles. The second-order valence-corrected chi connectivity index (χ2v) is 8.03. The van der Waals surface area contributed by atoms with Crippen LogP contribution in [0.3, 0.4) is 0 Å². The van der Waals surface area contributed by atoms with Crippen LogP contribution in [0.15, 0.2) is 84.9 Å². The lowest BCUT2D eigenvalue weighted by Gasteiger charge is -2.36. The molecule has 3 aromatic carbocycles. The zero-order chi connectivity index (χ0) is 20.4. The van der Waals surface area contributed by atoms with E-state index < -0.39 is 0 Å². The highest BCUT2D eigenvalue weighted by Gasteiger charge is 2.37. The predicted molar refractivity (Wildman–Crippen MR) is 123 cm³/mol. The van der Waals surface area contributed by atoms with Crippen molar-refractivity contribution in [2.24, 2.45) is 0 Å². The van der Waals surface area contributed by atoms with Crippen LogP contribution in [0, 0.1) is 0 Å². The van der Waals surface area contributed by atoms with Gasteiger partial charge in [0.25, 0.3) is 0 Å². The molecule has 3 aromatic rings. The standard InChI is InChI=1S/C28H34O/c1-2-3-4-5-6-7-16-23-28(24-17-10-8-11-18-24,25-19-12-9-13-20-25)26-21-14-15-22-27(26)29/h8-15,17-22,29H,2-7,16,23H2,1H3. The Morgan fingerprint density at radius 1 is 0.586 bits per heavy atom. The summed E-state index contributed by atoms with van der Waals surface area (Å²) >= 11 is 0. The Bertz CT molecular complexity index is 799. The van der Waals surface area contributed by atoms with Crippen molar-refractivity contribution in [1.82, 2.24) is 0 Å². The van der Waals surface area contributed by atoms with Crippen molar-refractivity contribution in [2.45, 2.75) is 63.7 Å². The van der Waals surface area contributed by atoms with Gasteiger partial charge in [0.05, 0.1) is 0 Å². The molecule has 29 heavy (non-hydrogen) atoms. The Morgan fingerprint density at radius 2 is 1.07 bits per heavy atom. The Kier molecular flexibility index (Phi) is 7.93. The molecular weight excluding hydrogens is 352 g/mol. The molecule has 0 fully saturated rings. The lowest BCUT2D eigenvalue weighted by atomic mass is 9.66. The third-order valence-electron chi connectivity index (χ3n) is 6.05. The molecule has 0 bridgehead atoms. The van der Waals surface area contributed by atoms with Crippen molar-refractivity contribution in [2.75, 3.05) is 0 Å². The third-order valence-corrected chi connectivity index (χ3v) is 6.05. The number of rotatable bonds is 11. The SMILES string of the molecule is CCCCCCCCCC(c1ccccc1)(c1ccccc1)c1ccccc1O. The van der Waals surface area contributed by atoms with Gasteiger partial charge < -0.3 is 5.11 Å². The van der Waals surface area contributed by atoms with Crippen LogP contribution in [0.4, 0.5) is 0 Å². The number of hydrogen-bond donors (Lipinski definition) is 1. The molecular formula is C28H34O. The Balaban J connectivity index is 1.96. The molecule has 3 rings (SSSR count). The summed E-state index contributed by atoms with van der Waals surface area (Å²) in [5, 5.41) is 10.9. The summed E-state index contributed by atoms with van der Waals surface area (Å²) in [6.07, 6.45) is 9.97. The number of benzene rings is 3. The third kappa shape index (κ3) is 5.09. The average molecular weight is 387 g/mol. The van der Waals surface area contributed by atoms with Gasteiger partial charge >= 0.3 is 0 Å². The first-order valence-corrected chi connectivity index (χ1v) is 11.2.